The molecule has 0 aliphatic carbocycles. The van der Waals surface area contributed by atoms with Crippen LogP contribution in [0.3, 0.4) is 0 Å². The first-order valence-corrected chi connectivity index (χ1v) is 9.36. The van der Waals surface area contributed by atoms with Gasteiger partial charge in [0.15, 0.2) is 0 Å². The van der Waals surface area contributed by atoms with E-state index in [1.54, 1.807) is 60.7 Å². The number of carbonyl (C=O) groups is 3. The summed E-state index contributed by atoms with van der Waals surface area (Å²) in [6.45, 7) is 0. The third-order valence-electron chi connectivity index (χ3n) is 4.05. The van der Waals surface area contributed by atoms with Crippen molar-refractivity contribution in [2.45, 2.75) is 6.04 Å². The van der Waals surface area contributed by atoms with Gasteiger partial charge >= 0.3 is 5.97 Å². The van der Waals surface area contributed by atoms with Gasteiger partial charge in [0.2, 0.25) is 0 Å². The third kappa shape index (κ3) is 3.97. The fourth-order valence-electron chi connectivity index (χ4n) is 2.71. The number of carbonyl (C=O) groups excluding carboxylic acids is 3. The fraction of sp³-hybridized carbons (Fsp3) is 0.100. The van der Waals surface area contributed by atoms with Gasteiger partial charge in [-0.25, -0.2) is 4.79 Å². The van der Waals surface area contributed by atoms with Crippen LogP contribution in [0.2, 0.25) is 0 Å². The molecule has 0 aromatic heterocycles. The molecule has 0 N–H and O–H groups in total. The molecule has 28 heavy (non-hydrogen) atoms. The average molecular weight is 412 g/mol. The van der Waals surface area contributed by atoms with E-state index in [1.165, 1.54) is 7.11 Å². The van der Waals surface area contributed by atoms with Crippen LogP contribution in [-0.4, -0.2) is 34.2 Å². The predicted octanol–water partition coefficient (Wildman–Crippen LogP) is 2.17. The molecule has 0 bridgehead atoms. The molecule has 1 atom stereocenters. The number of carboxylic acid groups (broad SMARTS) is 1. The molecule has 3 rings (SSSR count). The second-order valence-corrected chi connectivity index (χ2v) is 7.47. The lowest BCUT2D eigenvalue weighted by Gasteiger charge is -2.27. The number of rotatable bonds is 5. The van der Waals surface area contributed by atoms with Crippen molar-refractivity contribution in [3.63, 3.8) is 0 Å². The van der Waals surface area contributed by atoms with Crippen molar-refractivity contribution >= 4 is 52.2 Å². The van der Waals surface area contributed by atoms with Gasteiger partial charge in [-0.2, -0.15) is 0 Å². The Labute approximate surface area is 170 Å². The van der Waals surface area contributed by atoms with Crippen molar-refractivity contribution in [3.8, 4) is 0 Å². The molecule has 0 spiro atoms. The van der Waals surface area contributed by atoms with E-state index >= 15 is 0 Å². The number of thiocarbonyl (C=S) groups is 1. The molecule has 2 aromatic rings. The molecule has 1 amide bonds. The van der Waals surface area contributed by atoms with Crippen molar-refractivity contribution in [2.24, 2.45) is 0 Å². The monoisotopic (exact) mass is 412 g/mol. The van der Waals surface area contributed by atoms with E-state index in [1.807, 2.05) is 0 Å². The van der Waals surface area contributed by atoms with E-state index in [-0.39, 0.29) is 9.23 Å². The van der Waals surface area contributed by atoms with Gasteiger partial charge in [-0.3, -0.25) is 9.69 Å². The smallest absolute Gasteiger partial charge is 0.337 e. The quantitative estimate of drug-likeness (QED) is 0.423. The van der Waals surface area contributed by atoms with Crippen LogP contribution in [0.15, 0.2) is 59.5 Å². The van der Waals surface area contributed by atoms with Crippen molar-refractivity contribution in [1.82, 2.24) is 4.90 Å². The van der Waals surface area contributed by atoms with Crippen molar-refractivity contribution in [3.05, 3.63) is 76.2 Å². The maximum Gasteiger partial charge on any atom is 0.337 e. The van der Waals surface area contributed by atoms with E-state index in [9.17, 15) is 19.5 Å². The Hall–Kier alpha value is -2.97. The summed E-state index contributed by atoms with van der Waals surface area (Å²) in [6, 6.07) is 13.5. The normalized spacial score (nSPS) is 16.3. The molecule has 1 heterocycles. The van der Waals surface area contributed by atoms with Crippen molar-refractivity contribution < 1.29 is 24.2 Å². The van der Waals surface area contributed by atoms with Gasteiger partial charge in [-0.05, 0) is 29.3 Å². The Bertz CT molecular complexity index is 970. The number of thioether (sulfide) groups is 1. The summed E-state index contributed by atoms with van der Waals surface area (Å²) in [5.41, 5.74) is 1.45. The highest BCUT2D eigenvalue weighted by molar-refractivity contribution is 8.26. The maximum atomic E-state index is 12.8. The number of aliphatic carboxylic acids is 1. The average Bonchev–Trinajstić information content (AvgIpc) is 2.96. The molecule has 2 aromatic carbocycles. The summed E-state index contributed by atoms with van der Waals surface area (Å²) < 4.78 is 4.79. The molecule has 8 heteroatoms. The standard InChI is InChI=1S/C20H15NO5S2/c1-26-19(25)14-9-7-12(8-10-14)11-15-17(22)21(20(27)28-15)16(18(23)24)13-5-3-2-4-6-13/h2-11,16H,1H3,(H,23,24)/p-1/b15-11-/t16-/m0/s1. The second kappa shape index (κ2) is 8.37. The predicted molar refractivity (Wildman–Crippen MR) is 107 cm³/mol. The Balaban J connectivity index is 1.89. The number of esters is 1. The van der Waals surface area contributed by atoms with Gasteiger partial charge in [0.05, 0.1) is 23.5 Å². The zero-order valence-corrected chi connectivity index (χ0v) is 16.3. The summed E-state index contributed by atoms with van der Waals surface area (Å²) in [5, 5.41) is 11.7. The summed E-state index contributed by atoms with van der Waals surface area (Å²) in [6.07, 6.45) is 1.59. The lowest BCUT2D eigenvalue weighted by molar-refractivity contribution is -0.310. The number of ether oxygens (including phenoxy) is 1. The molecule has 0 saturated carbocycles. The van der Waals surface area contributed by atoms with Gasteiger partial charge in [0, 0.05) is 0 Å². The topological polar surface area (TPSA) is 86.7 Å². The Morgan fingerprint density at radius 1 is 1.14 bits per heavy atom. The van der Waals surface area contributed by atoms with Crippen LogP contribution in [0, 0.1) is 0 Å². The van der Waals surface area contributed by atoms with E-state index in [0.29, 0.717) is 16.7 Å². The fourth-order valence-corrected chi connectivity index (χ4v) is 4.03. The van der Waals surface area contributed by atoms with Crippen molar-refractivity contribution in [2.75, 3.05) is 7.11 Å². The van der Waals surface area contributed by atoms with E-state index in [0.717, 1.165) is 16.7 Å². The summed E-state index contributed by atoms with van der Waals surface area (Å²) in [5.74, 6) is -2.38. The lowest BCUT2D eigenvalue weighted by atomic mass is 10.1. The molecular formula is C20H14NO5S2-. The van der Waals surface area contributed by atoms with E-state index in [4.69, 9.17) is 12.2 Å². The van der Waals surface area contributed by atoms with E-state index in [2.05, 4.69) is 4.74 Å². The minimum absolute atomic E-state index is 0.139. The van der Waals surface area contributed by atoms with Gasteiger partial charge in [-0.15, -0.1) is 0 Å². The van der Waals surface area contributed by atoms with Gasteiger partial charge in [-0.1, -0.05) is 66.4 Å². The third-order valence-corrected chi connectivity index (χ3v) is 5.38. The molecule has 142 valence electrons. The Morgan fingerprint density at radius 2 is 1.79 bits per heavy atom. The number of hydrogen-bond acceptors (Lipinski definition) is 7. The lowest BCUT2D eigenvalue weighted by Crippen LogP contribution is -2.43. The number of amides is 1. The highest BCUT2D eigenvalue weighted by Gasteiger charge is 2.38. The highest BCUT2D eigenvalue weighted by atomic mass is 32.2. The second-order valence-electron chi connectivity index (χ2n) is 5.80. The van der Waals surface area contributed by atoms with Gasteiger partial charge in [0.25, 0.3) is 5.91 Å². The maximum absolute atomic E-state index is 12.8. The van der Waals surface area contributed by atoms with Crippen molar-refractivity contribution in [1.29, 1.82) is 0 Å². The summed E-state index contributed by atoms with van der Waals surface area (Å²) in [7, 11) is 1.29. The summed E-state index contributed by atoms with van der Waals surface area (Å²) >= 11 is 6.27. The number of carboxylic acids is 1. The molecular weight excluding hydrogens is 398 g/mol. The number of hydrogen-bond donors (Lipinski definition) is 0. The van der Waals surface area contributed by atoms with Gasteiger partial charge in [0.1, 0.15) is 10.4 Å². The van der Waals surface area contributed by atoms with Crippen LogP contribution >= 0.6 is 24.0 Å². The van der Waals surface area contributed by atoms with Crippen LogP contribution in [-0.2, 0) is 14.3 Å². The molecule has 6 nitrogen and oxygen atoms in total. The molecule has 1 saturated heterocycles. The molecule has 1 aliphatic heterocycles. The number of nitrogens with zero attached hydrogens (tertiary/aromatic N) is 1. The van der Waals surface area contributed by atoms with Gasteiger partial charge < -0.3 is 14.6 Å². The Morgan fingerprint density at radius 3 is 2.36 bits per heavy atom. The molecule has 1 fully saturated rings. The highest BCUT2D eigenvalue weighted by Crippen LogP contribution is 2.38. The molecule has 0 radical (unpaired) electrons. The SMILES string of the molecule is COC(=O)c1ccc(/C=C2\SC(=S)N([C@H](C(=O)[O-])c3ccccc3)C2=O)cc1. The minimum Gasteiger partial charge on any atom is -0.547 e. The molecule has 0 unspecified atom stereocenters. The van der Waals surface area contributed by atoms with Crippen LogP contribution in [0.25, 0.3) is 6.08 Å². The minimum atomic E-state index is -1.41. The van der Waals surface area contributed by atoms with Crippen LogP contribution in [0.4, 0.5) is 0 Å². The zero-order valence-electron chi connectivity index (χ0n) is 14.7. The summed E-state index contributed by atoms with van der Waals surface area (Å²) in [4.78, 5) is 37.4. The number of benzene rings is 2. The largest absolute Gasteiger partial charge is 0.547 e. The first kappa shape index (κ1) is 19.8. The Kier molecular flexibility index (Phi) is 5.91. The molecule has 1 aliphatic rings. The van der Waals surface area contributed by atoms with Crippen LogP contribution in [0.5, 0.6) is 0 Å². The zero-order chi connectivity index (χ0) is 20.3. The van der Waals surface area contributed by atoms with Crippen LogP contribution < -0.4 is 5.11 Å². The first-order chi connectivity index (χ1) is 13.4. The number of methoxy groups -OCH3 is 1. The van der Waals surface area contributed by atoms with E-state index < -0.39 is 23.9 Å². The first-order valence-electron chi connectivity index (χ1n) is 8.13. The van der Waals surface area contributed by atoms with Crippen LogP contribution in [0.1, 0.15) is 27.5 Å².